The van der Waals surface area contributed by atoms with E-state index in [2.05, 4.69) is 17.1 Å². The van der Waals surface area contributed by atoms with Gasteiger partial charge < -0.3 is 10.1 Å². The van der Waals surface area contributed by atoms with Gasteiger partial charge in [0, 0.05) is 13.1 Å². The second kappa shape index (κ2) is 7.34. The maximum atomic E-state index is 5.74. The van der Waals surface area contributed by atoms with Gasteiger partial charge in [0.2, 0.25) is 0 Å². The van der Waals surface area contributed by atoms with Crippen LogP contribution in [0, 0.1) is 11.8 Å². The number of nitrogens with zero attached hydrogens (tertiary/aromatic N) is 1. The molecule has 1 N–H and O–H groups in total. The highest BCUT2D eigenvalue weighted by molar-refractivity contribution is 4.74. The molecule has 3 nitrogen and oxygen atoms in total. The van der Waals surface area contributed by atoms with Crippen LogP contribution in [0.25, 0.3) is 0 Å². The van der Waals surface area contributed by atoms with Crippen LogP contribution in [-0.4, -0.2) is 44.4 Å². The van der Waals surface area contributed by atoms with Gasteiger partial charge in [-0.15, -0.1) is 0 Å². The standard InChI is InChI=1S/C14H28N2O/c1-2-7-15-10-13-5-8-16(9-6-13)12-17-11-14-3-4-14/h13-15H,2-12H2,1H3. The first-order valence-corrected chi connectivity index (χ1v) is 7.39. The van der Waals surface area contributed by atoms with Crippen molar-refractivity contribution in [2.45, 2.75) is 39.0 Å². The van der Waals surface area contributed by atoms with E-state index in [1.807, 2.05) is 0 Å². The van der Waals surface area contributed by atoms with Crippen LogP contribution in [-0.2, 0) is 4.74 Å². The average molecular weight is 240 g/mol. The van der Waals surface area contributed by atoms with Crippen molar-refractivity contribution in [3.63, 3.8) is 0 Å². The van der Waals surface area contributed by atoms with E-state index in [1.54, 1.807) is 0 Å². The van der Waals surface area contributed by atoms with E-state index in [0.29, 0.717) is 0 Å². The lowest BCUT2D eigenvalue weighted by atomic mass is 9.97. The molecule has 0 aromatic rings. The smallest absolute Gasteiger partial charge is 0.0990 e. The van der Waals surface area contributed by atoms with Gasteiger partial charge in [0.1, 0.15) is 0 Å². The maximum absolute atomic E-state index is 5.74. The monoisotopic (exact) mass is 240 g/mol. The first-order valence-electron chi connectivity index (χ1n) is 7.39. The summed E-state index contributed by atoms with van der Waals surface area (Å²) in [6.45, 7) is 8.93. The summed E-state index contributed by atoms with van der Waals surface area (Å²) in [5, 5.41) is 3.54. The normalized spacial score (nSPS) is 23.1. The molecule has 2 rings (SSSR count). The van der Waals surface area contributed by atoms with Gasteiger partial charge in [-0.1, -0.05) is 6.92 Å². The second-order valence-corrected chi connectivity index (χ2v) is 5.71. The van der Waals surface area contributed by atoms with Crippen molar-refractivity contribution < 1.29 is 4.74 Å². The molecular weight excluding hydrogens is 212 g/mol. The molecule has 1 aliphatic carbocycles. The van der Waals surface area contributed by atoms with Crippen molar-refractivity contribution >= 4 is 0 Å². The van der Waals surface area contributed by atoms with Crippen molar-refractivity contribution in [3.05, 3.63) is 0 Å². The molecule has 17 heavy (non-hydrogen) atoms. The van der Waals surface area contributed by atoms with Gasteiger partial charge in [0.05, 0.1) is 13.3 Å². The Morgan fingerprint density at radius 1 is 1.12 bits per heavy atom. The highest BCUT2D eigenvalue weighted by atomic mass is 16.5. The topological polar surface area (TPSA) is 24.5 Å². The molecule has 100 valence electrons. The minimum Gasteiger partial charge on any atom is -0.366 e. The zero-order valence-electron chi connectivity index (χ0n) is 11.3. The molecule has 1 aliphatic heterocycles. The molecule has 1 saturated heterocycles. The number of ether oxygens (including phenoxy) is 1. The van der Waals surface area contributed by atoms with Crippen LogP contribution in [0.4, 0.5) is 0 Å². The Morgan fingerprint density at radius 3 is 2.53 bits per heavy atom. The molecule has 2 aliphatic rings. The lowest BCUT2D eigenvalue weighted by molar-refractivity contribution is 0.00647. The van der Waals surface area contributed by atoms with Crippen LogP contribution < -0.4 is 5.32 Å². The first-order chi connectivity index (χ1) is 8.38. The molecule has 0 aromatic heterocycles. The van der Waals surface area contributed by atoms with E-state index < -0.39 is 0 Å². The third-order valence-electron chi connectivity index (χ3n) is 3.89. The molecule has 0 unspecified atom stereocenters. The average Bonchev–Trinajstić information content (AvgIpc) is 3.16. The molecule has 1 saturated carbocycles. The SMILES string of the molecule is CCCNCC1CCN(COCC2CC2)CC1. The summed E-state index contributed by atoms with van der Waals surface area (Å²) < 4.78 is 5.74. The summed E-state index contributed by atoms with van der Waals surface area (Å²) in [6.07, 6.45) is 6.71. The molecule has 0 spiro atoms. The van der Waals surface area contributed by atoms with E-state index in [-0.39, 0.29) is 0 Å². The van der Waals surface area contributed by atoms with E-state index in [0.717, 1.165) is 25.2 Å². The molecule has 0 amide bonds. The maximum Gasteiger partial charge on any atom is 0.0990 e. The highest BCUT2D eigenvalue weighted by Crippen LogP contribution is 2.28. The van der Waals surface area contributed by atoms with Crippen molar-refractivity contribution in [1.29, 1.82) is 0 Å². The van der Waals surface area contributed by atoms with Gasteiger partial charge in [-0.05, 0) is 57.0 Å². The fraction of sp³-hybridized carbons (Fsp3) is 1.00. The minimum absolute atomic E-state index is 0.867. The molecule has 0 bridgehead atoms. The number of nitrogens with one attached hydrogen (secondary N) is 1. The van der Waals surface area contributed by atoms with Gasteiger partial charge >= 0.3 is 0 Å². The zero-order valence-corrected chi connectivity index (χ0v) is 11.3. The van der Waals surface area contributed by atoms with Crippen LogP contribution in [0.2, 0.25) is 0 Å². The van der Waals surface area contributed by atoms with Crippen LogP contribution in [0.3, 0.4) is 0 Å². The lowest BCUT2D eigenvalue weighted by Crippen LogP contribution is -2.38. The molecule has 0 aromatic carbocycles. The van der Waals surface area contributed by atoms with E-state index in [9.17, 15) is 0 Å². The zero-order chi connectivity index (χ0) is 11.9. The minimum atomic E-state index is 0.867. The Morgan fingerprint density at radius 2 is 1.88 bits per heavy atom. The van der Waals surface area contributed by atoms with Gasteiger partial charge in [-0.2, -0.15) is 0 Å². The van der Waals surface area contributed by atoms with Gasteiger partial charge in [0.15, 0.2) is 0 Å². The number of hydrogen-bond donors (Lipinski definition) is 1. The third-order valence-corrected chi connectivity index (χ3v) is 3.89. The van der Waals surface area contributed by atoms with Crippen LogP contribution in [0.1, 0.15) is 39.0 Å². The van der Waals surface area contributed by atoms with Crippen molar-refractivity contribution in [2.75, 3.05) is 39.5 Å². The summed E-state index contributed by atoms with van der Waals surface area (Å²) in [7, 11) is 0. The largest absolute Gasteiger partial charge is 0.366 e. The lowest BCUT2D eigenvalue weighted by Gasteiger charge is -2.31. The van der Waals surface area contributed by atoms with Crippen LogP contribution >= 0.6 is 0 Å². The number of hydrogen-bond acceptors (Lipinski definition) is 3. The Bertz CT molecular complexity index is 198. The van der Waals surface area contributed by atoms with Crippen molar-refractivity contribution in [2.24, 2.45) is 11.8 Å². The summed E-state index contributed by atoms with van der Waals surface area (Å²) in [5.74, 6) is 1.78. The van der Waals surface area contributed by atoms with E-state index >= 15 is 0 Å². The van der Waals surface area contributed by atoms with E-state index in [4.69, 9.17) is 4.74 Å². The van der Waals surface area contributed by atoms with Crippen molar-refractivity contribution in [1.82, 2.24) is 10.2 Å². The van der Waals surface area contributed by atoms with Gasteiger partial charge in [0.25, 0.3) is 0 Å². The Labute approximate surface area is 106 Å². The first kappa shape index (κ1) is 13.3. The predicted octanol–water partition coefficient (Wildman–Crippen LogP) is 2.08. The Balaban J connectivity index is 1.48. The summed E-state index contributed by atoms with van der Waals surface area (Å²) in [4.78, 5) is 2.47. The van der Waals surface area contributed by atoms with Crippen LogP contribution in [0.15, 0.2) is 0 Å². The fourth-order valence-electron chi connectivity index (χ4n) is 2.44. The number of piperidine rings is 1. The Kier molecular flexibility index (Phi) is 5.75. The van der Waals surface area contributed by atoms with E-state index in [1.165, 1.54) is 58.3 Å². The van der Waals surface area contributed by atoms with Gasteiger partial charge in [-0.3, -0.25) is 4.90 Å². The number of likely N-dealkylation sites (tertiary alicyclic amines) is 1. The highest BCUT2D eigenvalue weighted by Gasteiger charge is 2.22. The quantitative estimate of drug-likeness (QED) is 0.657. The molecule has 0 radical (unpaired) electrons. The second-order valence-electron chi connectivity index (χ2n) is 5.71. The number of rotatable bonds is 8. The molecule has 1 heterocycles. The van der Waals surface area contributed by atoms with Crippen LogP contribution in [0.5, 0.6) is 0 Å². The molecule has 3 heteroatoms. The molecular formula is C14H28N2O. The third kappa shape index (κ3) is 5.36. The molecule has 2 fully saturated rings. The Hall–Kier alpha value is -0.120. The van der Waals surface area contributed by atoms with Crippen molar-refractivity contribution in [3.8, 4) is 0 Å². The predicted molar refractivity (Wildman–Crippen MR) is 71.0 cm³/mol. The molecule has 0 atom stereocenters. The summed E-state index contributed by atoms with van der Waals surface area (Å²) in [6, 6.07) is 0. The fourth-order valence-corrected chi connectivity index (χ4v) is 2.44. The van der Waals surface area contributed by atoms with Gasteiger partial charge in [-0.25, -0.2) is 0 Å². The summed E-state index contributed by atoms with van der Waals surface area (Å²) in [5.41, 5.74) is 0. The summed E-state index contributed by atoms with van der Waals surface area (Å²) >= 11 is 0.